The highest BCUT2D eigenvalue weighted by Gasteiger charge is 2.37. The van der Waals surface area contributed by atoms with E-state index in [1.807, 2.05) is 18.2 Å². The Kier molecular flexibility index (Phi) is 7.47. The first-order valence-electron chi connectivity index (χ1n) is 11.6. The number of nitrogens with one attached hydrogen (secondary N) is 1. The van der Waals surface area contributed by atoms with E-state index in [2.05, 4.69) is 15.2 Å². The maximum Gasteiger partial charge on any atom is 0.254 e. The predicted octanol–water partition coefficient (Wildman–Crippen LogP) is 2.90. The molecule has 1 aliphatic carbocycles. The molecule has 1 saturated carbocycles. The summed E-state index contributed by atoms with van der Waals surface area (Å²) in [5.41, 5.74) is 1.34. The zero-order chi connectivity index (χ0) is 22.3. The van der Waals surface area contributed by atoms with Gasteiger partial charge in [0.2, 0.25) is 5.91 Å². The lowest BCUT2D eigenvalue weighted by molar-refractivity contribution is -0.129. The van der Waals surface area contributed by atoms with Gasteiger partial charge < -0.3 is 10.2 Å². The van der Waals surface area contributed by atoms with Crippen molar-refractivity contribution in [3.05, 3.63) is 65.7 Å². The normalized spacial score (nSPS) is 18.5. The fourth-order valence-corrected chi connectivity index (χ4v) is 4.92. The molecule has 0 spiro atoms. The Labute approximate surface area is 188 Å². The molecular formula is C25H31FN4O2. The fourth-order valence-electron chi connectivity index (χ4n) is 4.92. The third kappa shape index (κ3) is 5.51. The molecule has 32 heavy (non-hydrogen) atoms. The molecule has 1 saturated heterocycles. The number of halogens is 1. The summed E-state index contributed by atoms with van der Waals surface area (Å²) in [5, 5.41) is 3.13. The van der Waals surface area contributed by atoms with Crippen molar-refractivity contribution >= 4 is 11.8 Å². The summed E-state index contributed by atoms with van der Waals surface area (Å²) in [7, 11) is 0. The van der Waals surface area contributed by atoms with Gasteiger partial charge in [0, 0.05) is 56.6 Å². The first kappa shape index (κ1) is 22.4. The van der Waals surface area contributed by atoms with Crippen LogP contribution >= 0.6 is 0 Å². The molecule has 1 N–H and O–H groups in total. The van der Waals surface area contributed by atoms with E-state index in [9.17, 15) is 14.0 Å². The van der Waals surface area contributed by atoms with Crippen molar-refractivity contribution in [3.8, 4) is 0 Å². The molecule has 2 amide bonds. The average molecular weight is 439 g/mol. The van der Waals surface area contributed by atoms with E-state index in [0.717, 1.165) is 18.5 Å². The monoisotopic (exact) mass is 438 g/mol. The van der Waals surface area contributed by atoms with Crippen LogP contribution in [0.1, 0.15) is 41.7 Å². The van der Waals surface area contributed by atoms with Crippen molar-refractivity contribution in [1.82, 2.24) is 20.1 Å². The van der Waals surface area contributed by atoms with Crippen molar-refractivity contribution in [2.24, 2.45) is 5.92 Å². The number of hydrogen-bond donors (Lipinski definition) is 1. The second-order valence-electron chi connectivity index (χ2n) is 8.69. The molecule has 1 aromatic carbocycles. The Balaban J connectivity index is 1.35. The van der Waals surface area contributed by atoms with E-state index >= 15 is 0 Å². The van der Waals surface area contributed by atoms with Gasteiger partial charge in [-0.1, -0.05) is 25.0 Å². The smallest absolute Gasteiger partial charge is 0.254 e. The van der Waals surface area contributed by atoms with Gasteiger partial charge in [0.25, 0.3) is 5.91 Å². The molecule has 6 nitrogen and oxygen atoms in total. The van der Waals surface area contributed by atoms with Gasteiger partial charge in [-0.25, -0.2) is 4.39 Å². The van der Waals surface area contributed by atoms with Crippen molar-refractivity contribution in [2.45, 2.75) is 38.1 Å². The third-order valence-electron chi connectivity index (χ3n) is 6.59. The summed E-state index contributed by atoms with van der Waals surface area (Å²) < 4.78 is 13.5. The molecule has 1 unspecified atom stereocenters. The molecule has 170 valence electrons. The number of carbonyl (C=O) groups excluding carboxylic acids is 2. The molecule has 7 heteroatoms. The topological polar surface area (TPSA) is 65.5 Å². The quantitative estimate of drug-likeness (QED) is 0.722. The number of aromatic nitrogens is 1. The highest BCUT2D eigenvalue weighted by Crippen LogP contribution is 2.31. The number of hydrogen-bond acceptors (Lipinski definition) is 4. The average Bonchev–Trinajstić information content (AvgIpc) is 3.34. The van der Waals surface area contributed by atoms with E-state index in [4.69, 9.17) is 0 Å². The Hall–Kier alpha value is -2.80. The minimum atomic E-state index is -0.404. The number of carbonyl (C=O) groups is 2. The molecule has 2 aliphatic rings. The summed E-state index contributed by atoms with van der Waals surface area (Å²) in [6.45, 7) is 2.95. The van der Waals surface area contributed by atoms with E-state index in [-0.39, 0.29) is 17.9 Å². The van der Waals surface area contributed by atoms with Crippen LogP contribution in [0.15, 0.2) is 48.7 Å². The number of nitrogens with zero attached hydrogens (tertiary/aromatic N) is 3. The van der Waals surface area contributed by atoms with Crippen LogP contribution in [-0.2, 0) is 11.2 Å². The minimum absolute atomic E-state index is 0.0812. The first-order chi connectivity index (χ1) is 15.6. The van der Waals surface area contributed by atoms with E-state index < -0.39 is 5.82 Å². The van der Waals surface area contributed by atoms with Crippen LogP contribution in [0, 0.1) is 11.7 Å². The van der Waals surface area contributed by atoms with Gasteiger partial charge in [-0.3, -0.25) is 19.5 Å². The first-order valence-corrected chi connectivity index (χ1v) is 11.6. The second kappa shape index (κ2) is 10.7. The fraction of sp³-hybridized carbons (Fsp3) is 0.480. The maximum atomic E-state index is 13.5. The van der Waals surface area contributed by atoms with Crippen molar-refractivity contribution in [3.63, 3.8) is 0 Å². The molecule has 0 bridgehead atoms. The summed E-state index contributed by atoms with van der Waals surface area (Å²) in [5.74, 6) is -0.118. The molecule has 1 aliphatic heterocycles. The van der Waals surface area contributed by atoms with Gasteiger partial charge in [0.15, 0.2) is 0 Å². The second-order valence-corrected chi connectivity index (χ2v) is 8.69. The van der Waals surface area contributed by atoms with Gasteiger partial charge in [0.05, 0.1) is 6.04 Å². The van der Waals surface area contributed by atoms with Gasteiger partial charge in [-0.15, -0.1) is 0 Å². The van der Waals surface area contributed by atoms with Crippen molar-refractivity contribution in [2.75, 3.05) is 32.7 Å². The van der Waals surface area contributed by atoms with Crippen LogP contribution in [0.2, 0.25) is 0 Å². The standard InChI is InChI=1S/C25H31FN4O2/c26-21-9-5-8-20(18-21)25(32)30-16-14-29(15-17-30)23(19-6-1-2-7-19)24(31)28-13-11-22-10-3-4-12-27-22/h3-5,8-10,12,18-19,23H,1-2,6-7,11,13-17H2,(H,28,31). The summed E-state index contributed by atoms with van der Waals surface area (Å²) in [6, 6.07) is 11.5. The Bertz CT molecular complexity index is 909. The number of rotatable bonds is 7. The van der Waals surface area contributed by atoms with Crippen molar-refractivity contribution in [1.29, 1.82) is 0 Å². The SMILES string of the molecule is O=C(NCCc1ccccn1)C(C1CCCC1)N1CCN(C(=O)c2cccc(F)c2)CC1. The number of piperazine rings is 1. The minimum Gasteiger partial charge on any atom is -0.354 e. The maximum absolute atomic E-state index is 13.5. The van der Waals surface area contributed by atoms with Gasteiger partial charge in [0.1, 0.15) is 5.82 Å². The Morgan fingerprint density at radius 1 is 1.06 bits per heavy atom. The molecule has 1 aromatic heterocycles. The number of pyridine rings is 1. The van der Waals surface area contributed by atoms with E-state index in [0.29, 0.717) is 50.6 Å². The highest BCUT2D eigenvalue weighted by atomic mass is 19.1. The summed E-state index contributed by atoms with van der Waals surface area (Å²) in [4.78, 5) is 34.3. The zero-order valence-electron chi connectivity index (χ0n) is 18.4. The van der Waals surface area contributed by atoms with Crippen LogP contribution < -0.4 is 5.32 Å². The zero-order valence-corrected chi connectivity index (χ0v) is 18.4. The van der Waals surface area contributed by atoms with Gasteiger partial charge in [-0.05, 0) is 49.1 Å². The lowest BCUT2D eigenvalue weighted by Crippen LogP contribution is -2.58. The van der Waals surface area contributed by atoms with Crippen molar-refractivity contribution < 1.29 is 14.0 Å². The highest BCUT2D eigenvalue weighted by molar-refractivity contribution is 5.94. The van der Waals surface area contributed by atoms with Crippen LogP contribution in [0.5, 0.6) is 0 Å². The number of benzene rings is 1. The molecule has 2 fully saturated rings. The molecule has 0 radical (unpaired) electrons. The van der Waals surface area contributed by atoms with Gasteiger partial charge >= 0.3 is 0 Å². The summed E-state index contributed by atoms with van der Waals surface area (Å²) in [6.07, 6.45) is 6.95. The van der Waals surface area contributed by atoms with E-state index in [1.165, 1.54) is 25.0 Å². The predicted molar refractivity (Wildman–Crippen MR) is 121 cm³/mol. The molecule has 2 heterocycles. The molecule has 1 atom stereocenters. The third-order valence-corrected chi connectivity index (χ3v) is 6.59. The van der Waals surface area contributed by atoms with E-state index in [1.54, 1.807) is 23.2 Å². The van der Waals surface area contributed by atoms with Crippen LogP contribution in [0.25, 0.3) is 0 Å². The largest absolute Gasteiger partial charge is 0.354 e. The Morgan fingerprint density at radius 2 is 1.84 bits per heavy atom. The lowest BCUT2D eigenvalue weighted by Gasteiger charge is -2.40. The molecular weight excluding hydrogens is 407 g/mol. The van der Waals surface area contributed by atoms with Gasteiger partial charge in [-0.2, -0.15) is 0 Å². The van der Waals surface area contributed by atoms with Crippen LogP contribution in [0.4, 0.5) is 4.39 Å². The summed E-state index contributed by atoms with van der Waals surface area (Å²) >= 11 is 0. The van der Waals surface area contributed by atoms with Crippen LogP contribution in [-0.4, -0.2) is 65.4 Å². The number of amides is 2. The van der Waals surface area contributed by atoms with Crippen LogP contribution in [0.3, 0.4) is 0 Å². The lowest BCUT2D eigenvalue weighted by atomic mass is 9.95. The molecule has 2 aromatic rings. The molecule has 4 rings (SSSR count). The Morgan fingerprint density at radius 3 is 2.53 bits per heavy atom.